The molecule has 1 aliphatic rings. The molecule has 158 valence electrons. The zero-order valence-electron chi connectivity index (χ0n) is 16.9. The Bertz CT molecular complexity index is 607. The molecule has 0 radical (unpaired) electrons. The number of methoxy groups -OCH3 is 1. The van der Waals surface area contributed by atoms with Crippen LogP contribution >= 0.6 is 24.0 Å². The summed E-state index contributed by atoms with van der Waals surface area (Å²) in [5, 5.41) is 6.42. The summed E-state index contributed by atoms with van der Waals surface area (Å²) >= 11 is 0. The van der Waals surface area contributed by atoms with Gasteiger partial charge in [-0.1, -0.05) is 6.07 Å². The molecular weight excluding hydrogens is 471 g/mol. The molecule has 0 saturated carbocycles. The van der Waals surface area contributed by atoms with E-state index < -0.39 is 0 Å². The second kappa shape index (κ2) is 14.4. The first kappa shape index (κ1) is 24.5. The van der Waals surface area contributed by atoms with Gasteiger partial charge in [-0.2, -0.15) is 0 Å². The van der Waals surface area contributed by atoms with E-state index in [0.717, 1.165) is 50.3 Å². The van der Waals surface area contributed by atoms with E-state index in [2.05, 4.69) is 15.6 Å². The van der Waals surface area contributed by atoms with Crippen molar-refractivity contribution in [2.75, 3.05) is 51.8 Å². The number of aliphatic imine (C=N–C) groups is 1. The highest BCUT2D eigenvalue weighted by atomic mass is 127. The van der Waals surface area contributed by atoms with Gasteiger partial charge in [0.05, 0.1) is 6.61 Å². The molecule has 1 amide bonds. The van der Waals surface area contributed by atoms with E-state index in [1.54, 1.807) is 7.11 Å². The van der Waals surface area contributed by atoms with Crippen molar-refractivity contribution in [1.82, 2.24) is 10.2 Å². The molecule has 2 rings (SSSR count). The van der Waals surface area contributed by atoms with Crippen LogP contribution in [0.1, 0.15) is 32.6 Å². The van der Waals surface area contributed by atoms with Gasteiger partial charge >= 0.3 is 0 Å². The van der Waals surface area contributed by atoms with Crippen molar-refractivity contribution >= 4 is 41.5 Å². The second-order valence-corrected chi connectivity index (χ2v) is 6.48. The Morgan fingerprint density at radius 3 is 2.71 bits per heavy atom. The predicted molar refractivity (Wildman–Crippen MR) is 124 cm³/mol. The number of benzene rings is 1. The van der Waals surface area contributed by atoms with E-state index in [1.807, 2.05) is 36.1 Å². The molecule has 1 saturated heterocycles. The molecule has 1 fully saturated rings. The minimum absolute atomic E-state index is 0. The first-order valence-electron chi connectivity index (χ1n) is 9.78. The molecule has 8 heteroatoms. The number of guanidine groups is 1. The Hall–Kier alpha value is -1.55. The lowest BCUT2D eigenvalue weighted by atomic mass is 10.1. The standard InChI is InChI=1S/C20H32N4O3.HI/c1-3-21-20(22-16-19(25)24-11-5-4-6-12-24)23-17-9-7-10-18(15-17)27-14-8-13-26-2;/h7,9-10,15H,3-6,8,11-14,16H2,1-2H3,(H2,21,22,23);1H. The number of likely N-dealkylation sites (tertiary alicyclic amines) is 1. The van der Waals surface area contributed by atoms with Crippen LogP contribution in [0.4, 0.5) is 5.69 Å². The summed E-state index contributed by atoms with van der Waals surface area (Å²) in [4.78, 5) is 18.7. The van der Waals surface area contributed by atoms with E-state index in [-0.39, 0.29) is 36.4 Å². The third-order valence-corrected chi connectivity index (χ3v) is 4.28. The lowest BCUT2D eigenvalue weighted by Crippen LogP contribution is -2.38. The molecule has 0 bridgehead atoms. The molecule has 0 atom stereocenters. The fourth-order valence-electron chi connectivity index (χ4n) is 2.89. The van der Waals surface area contributed by atoms with Crippen molar-refractivity contribution in [3.8, 4) is 5.75 Å². The van der Waals surface area contributed by atoms with Gasteiger partial charge in [0.1, 0.15) is 12.3 Å². The lowest BCUT2D eigenvalue weighted by molar-refractivity contribution is -0.130. The maximum atomic E-state index is 12.3. The zero-order valence-corrected chi connectivity index (χ0v) is 19.2. The number of carbonyl (C=O) groups is 1. The number of hydrogen-bond acceptors (Lipinski definition) is 4. The van der Waals surface area contributed by atoms with Crippen LogP contribution in [-0.4, -0.2) is 63.3 Å². The molecule has 7 nitrogen and oxygen atoms in total. The summed E-state index contributed by atoms with van der Waals surface area (Å²) in [6.07, 6.45) is 4.23. The van der Waals surface area contributed by atoms with Gasteiger partial charge in [0.15, 0.2) is 5.96 Å². The molecule has 1 aromatic rings. The number of ether oxygens (including phenoxy) is 2. The summed E-state index contributed by atoms with van der Waals surface area (Å²) < 4.78 is 10.8. The van der Waals surface area contributed by atoms with E-state index in [0.29, 0.717) is 19.2 Å². The maximum Gasteiger partial charge on any atom is 0.244 e. The van der Waals surface area contributed by atoms with Crippen LogP contribution < -0.4 is 15.4 Å². The van der Waals surface area contributed by atoms with Gasteiger partial charge < -0.3 is 25.0 Å². The number of anilines is 1. The van der Waals surface area contributed by atoms with E-state index >= 15 is 0 Å². The van der Waals surface area contributed by atoms with Gasteiger partial charge in [0, 0.05) is 51.5 Å². The van der Waals surface area contributed by atoms with Crippen molar-refractivity contribution in [3.05, 3.63) is 24.3 Å². The average Bonchev–Trinajstić information content (AvgIpc) is 2.70. The number of halogens is 1. The van der Waals surface area contributed by atoms with Crippen molar-refractivity contribution in [2.45, 2.75) is 32.6 Å². The topological polar surface area (TPSA) is 75.2 Å². The van der Waals surface area contributed by atoms with E-state index in [4.69, 9.17) is 9.47 Å². The van der Waals surface area contributed by atoms with E-state index in [9.17, 15) is 4.79 Å². The van der Waals surface area contributed by atoms with Crippen LogP contribution in [-0.2, 0) is 9.53 Å². The summed E-state index contributed by atoms with van der Waals surface area (Å²) in [6.45, 7) is 5.86. The summed E-state index contributed by atoms with van der Waals surface area (Å²) in [5.41, 5.74) is 0.865. The van der Waals surface area contributed by atoms with Gasteiger partial charge in [-0.3, -0.25) is 4.79 Å². The Balaban J connectivity index is 0.00000392. The van der Waals surface area contributed by atoms with Crippen LogP contribution in [0.25, 0.3) is 0 Å². The van der Waals surface area contributed by atoms with Crippen LogP contribution in [0.15, 0.2) is 29.3 Å². The molecule has 1 heterocycles. The molecule has 0 aromatic heterocycles. The summed E-state index contributed by atoms with van der Waals surface area (Å²) in [7, 11) is 1.68. The third kappa shape index (κ3) is 9.09. The molecule has 0 aliphatic carbocycles. The summed E-state index contributed by atoms with van der Waals surface area (Å²) in [6, 6.07) is 7.71. The Morgan fingerprint density at radius 1 is 1.21 bits per heavy atom. The highest BCUT2D eigenvalue weighted by Gasteiger charge is 2.16. The molecule has 1 aromatic carbocycles. The second-order valence-electron chi connectivity index (χ2n) is 6.48. The number of hydrogen-bond donors (Lipinski definition) is 2. The minimum atomic E-state index is 0. The Kier molecular flexibility index (Phi) is 12.6. The van der Waals surface area contributed by atoms with Crippen molar-refractivity contribution in [1.29, 1.82) is 0 Å². The van der Waals surface area contributed by atoms with Crippen LogP contribution in [0.2, 0.25) is 0 Å². The minimum Gasteiger partial charge on any atom is -0.493 e. The smallest absolute Gasteiger partial charge is 0.244 e. The molecular formula is C20H33IN4O3. The van der Waals surface area contributed by atoms with Gasteiger partial charge in [-0.25, -0.2) is 4.99 Å². The normalized spacial score (nSPS) is 14.2. The number of amides is 1. The lowest BCUT2D eigenvalue weighted by Gasteiger charge is -2.26. The zero-order chi connectivity index (χ0) is 19.3. The van der Waals surface area contributed by atoms with Crippen molar-refractivity contribution < 1.29 is 14.3 Å². The molecule has 0 spiro atoms. The fraction of sp³-hybridized carbons (Fsp3) is 0.600. The predicted octanol–water partition coefficient (Wildman–Crippen LogP) is 3.11. The Labute approximate surface area is 185 Å². The van der Waals surface area contributed by atoms with Crippen molar-refractivity contribution in [3.63, 3.8) is 0 Å². The quantitative estimate of drug-likeness (QED) is 0.234. The largest absolute Gasteiger partial charge is 0.493 e. The van der Waals surface area contributed by atoms with Crippen LogP contribution in [0.5, 0.6) is 5.75 Å². The molecule has 2 N–H and O–H groups in total. The van der Waals surface area contributed by atoms with Crippen LogP contribution in [0.3, 0.4) is 0 Å². The molecule has 0 unspecified atom stereocenters. The highest BCUT2D eigenvalue weighted by molar-refractivity contribution is 14.0. The van der Waals surface area contributed by atoms with Gasteiger partial charge in [0.2, 0.25) is 5.91 Å². The maximum absolute atomic E-state index is 12.3. The number of nitrogens with one attached hydrogen (secondary N) is 2. The first-order chi connectivity index (χ1) is 13.2. The van der Waals surface area contributed by atoms with Gasteiger partial charge in [-0.05, 0) is 38.3 Å². The van der Waals surface area contributed by atoms with Gasteiger partial charge in [-0.15, -0.1) is 24.0 Å². The average molecular weight is 504 g/mol. The van der Waals surface area contributed by atoms with Crippen LogP contribution in [0, 0.1) is 0 Å². The highest BCUT2D eigenvalue weighted by Crippen LogP contribution is 2.17. The fourth-order valence-corrected chi connectivity index (χ4v) is 2.89. The third-order valence-electron chi connectivity index (χ3n) is 4.28. The monoisotopic (exact) mass is 504 g/mol. The SMILES string of the molecule is CCNC(=NCC(=O)N1CCCCC1)Nc1cccc(OCCCOC)c1.I. The molecule has 28 heavy (non-hydrogen) atoms. The Morgan fingerprint density at radius 2 is 2.00 bits per heavy atom. The first-order valence-corrected chi connectivity index (χ1v) is 9.78. The number of nitrogens with zero attached hydrogens (tertiary/aromatic N) is 2. The summed E-state index contributed by atoms with van der Waals surface area (Å²) in [5.74, 6) is 1.47. The van der Waals surface area contributed by atoms with E-state index in [1.165, 1.54) is 6.42 Å². The molecule has 1 aliphatic heterocycles. The van der Waals surface area contributed by atoms with Crippen molar-refractivity contribution in [2.24, 2.45) is 4.99 Å². The number of rotatable bonds is 9. The number of carbonyl (C=O) groups excluding carboxylic acids is 1. The van der Waals surface area contributed by atoms with Gasteiger partial charge in [0.25, 0.3) is 0 Å². The number of piperidine rings is 1.